The van der Waals surface area contributed by atoms with Gasteiger partial charge < -0.3 is 4.74 Å². The minimum absolute atomic E-state index is 0.0106. The monoisotopic (exact) mass is 560 g/mol. The Balaban J connectivity index is 2.10. The van der Waals surface area contributed by atoms with E-state index in [1.165, 1.54) is 38.1 Å². The number of esters is 1. The average molecular weight is 561 g/mol. The molecular formula is C21H24N2O12S2. The maximum Gasteiger partial charge on any atom is 0.337 e. The van der Waals surface area contributed by atoms with E-state index in [-0.39, 0.29) is 19.3 Å². The zero-order chi connectivity index (χ0) is 27.8. The van der Waals surface area contributed by atoms with Gasteiger partial charge in [-0.25, -0.2) is 4.79 Å². The fourth-order valence-corrected chi connectivity index (χ4v) is 5.36. The number of carbonyl (C=O) groups is 1. The molecule has 0 amide bonds. The summed E-state index contributed by atoms with van der Waals surface area (Å²) in [7, 11) is -9.24. The lowest BCUT2D eigenvalue weighted by Crippen LogP contribution is -2.31. The SMILES string of the molecule is CC(C)OC(=O)C(CCCCOS(=O)(=O)c1ccccc1[N+](=O)[O-])OS(=O)(=O)c1ccccc1[N+](=O)[O-]. The summed E-state index contributed by atoms with van der Waals surface area (Å²) in [6, 6.07) is 9.06. The first-order chi connectivity index (χ1) is 17.3. The molecule has 0 radical (unpaired) electrons. The van der Waals surface area contributed by atoms with Gasteiger partial charge in [0.25, 0.3) is 11.4 Å². The number of nitro benzene ring substituents is 2. The Bertz CT molecular complexity index is 1360. The van der Waals surface area contributed by atoms with Gasteiger partial charge in [-0.2, -0.15) is 16.8 Å². The van der Waals surface area contributed by atoms with Crippen molar-refractivity contribution in [2.24, 2.45) is 0 Å². The van der Waals surface area contributed by atoms with E-state index in [9.17, 15) is 41.9 Å². The number of unbranched alkanes of at least 4 members (excludes halogenated alkanes) is 1. The summed E-state index contributed by atoms with van der Waals surface area (Å²) in [5.41, 5.74) is -1.40. The molecule has 37 heavy (non-hydrogen) atoms. The van der Waals surface area contributed by atoms with Crippen LogP contribution in [0.3, 0.4) is 0 Å². The van der Waals surface area contributed by atoms with Crippen LogP contribution in [0.25, 0.3) is 0 Å². The van der Waals surface area contributed by atoms with Gasteiger partial charge in [-0.3, -0.25) is 28.6 Å². The van der Waals surface area contributed by atoms with Crippen molar-refractivity contribution >= 4 is 37.6 Å². The second-order valence-electron chi connectivity index (χ2n) is 7.75. The number of carbonyl (C=O) groups excluding carboxylic acids is 1. The lowest BCUT2D eigenvalue weighted by Gasteiger charge is -2.18. The molecule has 0 spiro atoms. The van der Waals surface area contributed by atoms with Crippen molar-refractivity contribution < 1.29 is 44.6 Å². The van der Waals surface area contributed by atoms with Crippen LogP contribution >= 0.6 is 0 Å². The topological polar surface area (TPSA) is 199 Å². The van der Waals surface area contributed by atoms with Crippen LogP contribution < -0.4 is 0 Å². The number of rotatable bonds is 14. The van der Waals surface area contributed by atoms with Gasteiger partial charge >= 0.3 is 26.2 Å². The van der Waals surface area contributed by atoms with Crippen molar-refractivity contribution in [3.63, 3.8) is 0 Å². The van der Waals surface area contributed by atoms with Crippen LogP contribution in [0, 0.1) is 20.2 Å². The molecule has 0 heterocycles. The van der Waals surface area contributed by atoms with E-state index in [4.69, 9.17) is 13.1 Å². The van der Waals surface area contributed by atoms with Crippen molar-refractivity contribution in [1.82, 2.24) is 0 Å². The minimum atomic E-state index is -4.76. The second kappa shape index (κ2) is 12.7. The molecule has 0 saturated heterocycles. The number of benzene rings is 2. The highest BCUT2D eigenvalue weighted by Crippen LogP contribution is 2.27. The number of hydrogen-bond donors (Lipinski definition) is 0. The molecule has 0 saturated carbocycles. The Morgan fingerprint density at radius 1 is 0.838 bits per heavy atom. The first kappa shape index (κ1) is 29.8. The van der Waals surface area contributed by atoms with E-state index in [1.54, 1.807) is 0 Å². The predicted molar refractivity (Wildman–Crippen MR) is 126 cm³/mol. The molecule has 1 unspecified atom stereocenters. The van der Waals surface area contributed by atoms with Crippen molar-refractivity contribution in [2.75, 3.05) is 6.61 Å². The predicted octanol–water partition coefficient (Wildman–Crippen LogP) is 3.10. The van der Waals surface area contributed by atoms with Gasteiger partial charge in [0.15, 0.2) is 15.9 Å². The van der Waals surface area contributed by atoms with Gasteiger partial charge in [0.05, 0.1) is 22.6 Å². The van der Waals surface area contributed by atoms with Crippen LogP contribution in [0.15, 0.2) is 58.3 Å². The molecule has 2 rings (SSSR count). The van der Waals surface area contributed by atoms with Crippen LogP contribution in [-0.4, -0.2) is 51.5 Å². The first-order valence-corrected chi connectivity index (χ1v) is 13.6. The molecule has 0 aliphatic rings. The second-order valence-corrected chi connectivity index (χ2v) is 10.9. The van der Waals surface area contributed by atoms with Gasteiger partial charge in [-0.05, 0) is 45.2 Å². The van der Waals surface area contributed by atoms with E-state index >= 15 is 0 Å². The summed E-state index contributed by atoms with van der Waals surface area (Å²) < 4.78 is 65.0. The number of hydrogen-bond acceptors (Lipinski definition) is 12. The molecule has 1 atom stereocenters. The molecular weight excluding hydrogens is 536 g/mol. The Labute approximate surface area is 212 Å². The summed E-state index contributed by atoms with van der Waals surface area (Å²) in [6.45, 7) is 2.61. The van der Waals surface area contributed by atoms with Crippen LogP contribution in [-0.2, 0) is 38.1 Å². The summed E-state index contributed by atoms with van der Waals surface area (Å²) in [6.07, 6.45) is -2.57. The van der Waals surface area contributed by atoms with E-state index < -0.39 is 76.0 Å². The molecule has 0 aliphatic heterocycles. The third-order valence-corrected chi connectivity index (χ3v) is 7.35. The Hall–Kier alpha value is -3.47. The van der Waals surface area contributed by atoms with Gasteiger partial charge in [0.1, 0.15) is 0 Å². The number of ether oxygens (including phenoxy) is 1. The quantitative estimate of drug-likeness (QED) is 0.108. The van der Waals surface area contributed by atoms with Gasteiger partial charge in [0, 0.05) is 12.1 Å². The molecule has 202 valence electrons. The third kappa shape index (κ3) is 8.28. The fraction of sp³-hybridized carbons (Fsp3) is 0.381. The van der Waals surface area contributed by atoms with Crippen molar-refractivity contribution in [3.8, 4) is 0 Å². The van der Waals surface area contributed by atoms with Gasteiger partial charge in [-0.1, -0.05) is 24.3 Å². The molecule has 2 aromatic rings. The number of nitrogens with zero attached hydrogens (tertiary/aromatic N) is 2. The minimum Gasteiger partial charge on any atom is -0.461 e. The molecule has 0 fully saturated rings. The molecule has 0 aliphatic carbocycles. The van der Waals surface area contributed by atoms with E-state index in [2.05, 4.69) is 0 Å². The molecule has 16 heteroatoms. The Kier molecular flexibility index (Phi) is 10.2. The largest absolute Gasteiger partial charge is 0.461 e. The van der Waals surface area contributed by atoms with Crippen LogP contribution in [0.5, 0.6) is 0 Å². The lowest BCUT2D eigenvalue weighted by atomic mass is 10.1. The maximum absolute atomic E-state index is 12.7. The smallest absolute Gasteiger partial charge is 0.337 e. The van der Waals surface area contributed by atoms with Gasteiger partial charge in [0.2, 0.25) is 0 Å². The highest BCUT2D eigenvalue weighted by Gasteiger charge is 2.33. The molecule has 0 bridgehead atoms. The maximum atomic E-state index is 12.7. The molecule has 14 nitrogen and oxygen atoms in total. The fourth-order valence-electron chi connectivity index (χ4n) is 3.02. The van der Waals surface area contributed by atoms with Crippen LogP contribution in [0.1, 0.15) is 33.1 Å². The normalized spacial score (nSPS) is 12.7. The van der Waals surface area contributed by atoms with E-state index in [0.717, 1.165) is 24.3 Å². The average Bonchev–Trinajstić information content (AvgIpc) is 2.82. The number of para-hydroxylation sites is 2. The zero-order valence-electron chi connectivity index (χ0n) is 19.7. The van der Waals surface area contributed by atoms with E-state index in [1.807, 2.05) is 0 Å². The summed E-state index contributed by atoms with van der Waals surface area (Å²) in [5, 5.41) is 22.3. The summed E-state index contributed by atoms with van der Waals surface area (Å²) >= 11 is 0. The zero-order valence-corrected chi connectivity index (χ0v) is 21.3. The van der Waals surface area contributed by atoms with Crippen molar-refractivity contribution in [2.45, 2.75) is 55.1 Å². The Morgan fingerprint density at radius 2 is 1.32 bits per heavy atom. The lowest BCUT2D eigenvalue weighted by molar-refractivity contribution is -0.388. The standard InChI is InChI=1S/C21H24N2O12S2/c1-15(2)34-21(24)18(35-37(31,32)20-13-6-4-10-17(20)23(27)28)11-7-8-14-33-36(29,30)19-12-5-3-9-16(19)22(25)26/h3-6,9-10,12-13,15,18H,7-8,11,14H2,1-2H3. The summed E-state index contributed by atoms with van der Waals surface area (Å²) in [5.74, 6) is -1.04. The van der Waals surface area contributed by atoms with E-state index in [0.29, 0.717) is 0 Å². The highest BCUT2D eigenvalue weighted by molar-refractivity contribution is 7.87. The third-order valence-electron chi connectivity index (χ3n) is 4.62. The number of nitro groups is 2. The Morgan fingerprint density at radius 3 is 1.81 bits per heavy atom. The van der Waals surface area contributed by atoms with Gasteiger partial charge in [-0.15, -0.1) is 0 Å². The molecule has 0 aromatic heterocycles. The van der Waals surface area contributed by atoms with Crippen LogP contribution in [0.4, 0.5) is 11.4 Å². The van der Waals surface area contributed by atoms with Crippen LogP contribution in [0.2, 0.25) is 0 Å². The highest BCUT2D eigenvalue weighted by atomic mass is 32.2. The first-order valence-electron chi connectivity index (χ1n) is 10.8. The van der Waals surface area contributed by atoms with Crippen molar-refractivity contribution in [3.05, 3.63) is 68.8 Å². The summed E-state index contributed by atoms with van der Waals surface area (Å²) in [4.78, 5) is 31.6. The molecule has 2 aromatic carbocycles. The van der Waals surface area contributed by atoms with Crippen molar-refractivity contribution in [1.29, 1.82) is 0 Å². The molecule has 0 N–H and O–H groups in total.